The molecule has 0 fully saturated rings. The highest BCUT2D eigenvalue weighted by Gasteiger charge is 2.07. The van der Waals surface area contributed by atoms with Crippen LogP contribution in [0.15, 0.2) is 18.6 Å². The van der Waals surface area contributed by atoms with Gasteiger partial charge in [-0.2, -0.15) is 0 Å². The lowest BCUT2D eigenvalue weighted by molar-refractivity contribution is -0.120. The number of hydrogen-bond acceptors (Lipinski definition) is 4. The minimum absolute atomic E-state index is 0.0579. The number of anilines is 1. The number of carbonyl (C=O) groups is 1. The van der Waals surface area contributed by atoms with E-state index >= 15 is 0 Å². The van der Waals surface area contributed by atoms with Crippen molar-refractivity contribution in [2.75, 3.05) is 18.4 Å². The number of carbonyl (C=O) groups excluding carboxylic acids is 1. The zero-order valence-electron chi connectivity index (χ0n) is 11.3. The highest BCUT2D eigenvalue weighted by atomic mass is 16.1. The molecule has 2 N–H and O–H groups in total. The number of aromatic nitrogens is 3. The SMILES string of the molecule is CCCNC(=O)CCNc1nccc2c1ncn2C. The fourth-order valence-electron chi connectivity index (χ4n) is 1.84. The molecule has 0 atom stereocenters. The summed E-state index contributed by atoms with van der Waals surface area (Å²) in [6.07, 6.45) is 4.88. The largest absolute Gasteiger partial charge is 0.368 e. The lowest BCUT2D eigenvalue weighted by Gasteiger charge is -2.06. The predicted octanol–water partition coefficient (Wildman–Crippen LogP) is 1.30. The minimum Gasteiger partial charge on any atom is -0.368 e. The summed E-state index contributed by atoms with van der Waals surface area (Å²) in [5, 5.41) is 6.00. The second-order valence-corrected chi connectivity index (χ2v) is 4.41. The zero-order valence-corrected chi connectivity index (χ0v) is 11.3. The van der Waals surface area contributed by atoms with Crippen LogP contribution in [-0.2, 0) is 11.8 Å². The molecule has 0 aliphatic carbocycles. The Balaban J connectivity index is 1.93. The van der Waals surface area contributed by atoms with Crippen molar-refractivity contribution in [1.82, 2.24) is 19.9 Å². The Morgan fingerprint density at radius 3 is 3.00 bits per heavy atom. The van der Waals surface area contributed by atoms with Gasteiger partial charge in [-0.25, -0.2) is 9.97 Å². The molecule has 0 unspecified atom stereocenters. The van der Waals surface area contributed by atoms with Crippen LogP contribution in [-0.4, -0.2) is 33.5 Å². The summed E-state index contributed by atoms with van der Waals surface area (Å²) >= 11 is 0. The van der Waals surface area contributed by atoms with Crippen LogP contribution >= 0.6 is 0 Å². The second-order valence-electron chi connectivity index (χ2n) is 4.41. The number of imidazole rings is 1. The van der Waals surface area contributed by atoms with Gasteiger partial charge in [0.05, 0.1) is 11.8 Å². The van der Waals surface area contributed by atoms with Gasteiger partial charge in [-0.3, -0.25) is 4.79 Å². The van der Waals surface area contributed by atoms with E-state index in [9.17, 15) is 4.79 Å². The standard InChI is InChI=1S/C13H19N5O/c1-3-6-14-11(19)5-8-16-13-12-10(4-7-15-13)18(2)9-17-12/h4,7,9H,3,5-6,8H2,1-2H3,(H,14,19)(H,15,16). The molecular formula is C13H19N5O. The lowest BCUT2D eigenvalue weighted by atomic mass is 10.3. The topological polar surface area (TPSA) is 71.8 Å². The number of amides is 1. The summed E-state index contributed by atoms with van der Waals surface area (Å²) in [7, 11) is 1.94. The van der Waals surface area contributed by atoms with Crippen molar-refractivity contribution in [2.24, 2.45) is 7.05 Å². The maximum Gasteiger partial charge on any atom is 0.221 e. The normalized spacial score (nSPS) is 10.6. The first-order chi connectivity index (χ1) is 9.22. The number of nitrogens with one attached hydrogen (secondary N) is 2. The first-order valence-corrected chi connectivity index (χ1v) is 6.49. The van der Waals surface area contributed by atoms with Gasteiger partial charge in [0.2, 0.25) is 5.91 Å². The summed E-state index contributed by atoms with van der Waals surface area (Å²) in [5.41, 5.74) is 1.85. The summed E-state index contributed by atoms with van der Waals surface area (Å²) in [5.74, 6) is 0.781. The molecule has 0 bridgehead atoms. The third-order valence-corrected chi connectivity index (χ3v) is 2.86. The third-order valence-electron chi connectivity index (χ3n) is 2.86. The highest BCUT2D eigenvalue weighted by molar-refractivity contribution is 5.86. The number of aryl methyl sites for hydroxylation is 1. The molecule has 102 valence electrons. The predicted molar refractivity (Wildman–Crippen MR) is 74.9 cm³/mol. The molecule has 1 amide bonds. The van der Waals surface area contributed by atoms with E-state index in [-0.39, 0.29) is 5.91 Å². The first-order valence-electron chi connectivity index (χ1n) is 6.49. The Kier molecular flexibility index (Phi) is 4.33. The van der Waals surface area contributed by atoms with E-state index in [1.54, 1.807) is 12.5 Å². The van der Waals surface area contributed by atoms with Crippen LogP contribution < -0.4 is 10.6 Å². The number of pyridine rings is 1. The molecule has 0 spiro atoms. The van der Waals surface area contributed by atoms with Gasteiger partial charge in [0.1, 0.15) is 5.52 Å². The number of nitrogens with zero attached hydrogens (tertiary/aromatic N) is 3. The van der Waals surface area contributed by atoms with Gasteiger partial charge in [-0.05, 0) is 12.5 Å². The average Bonchev–Trinajstić information content (AvgIpc) is 2.79. The van der Waals surface area contributed by atoms with Crippen molar-refractivity contribution >= 4 is 22.8 Å². The smallest absolute Gasteiger partial charge is 0.221 e. The van der Waals surface area contributed by atoms with E-state index < -0.39 is 0 Å². The molecule has 6 heteroatoms. The summed E-state index contributed by atoms with van der Waals surface area (Å²) in [4.78, 5) is 20.0. The number of fused-ring (bicyclic) bond motifs is 1. The van der Waals surface area contributed by atoms with Crippen molar-refractivity contribution in [3.05, 3.63) is 18.6 Å². The molecule has 2 heterocycles. The van der Waals surface area contributed by atoms with E-state index in [4.69, 9.17) is 0 Å². The second kappa shape index (κ2) is 6.17. The van der Waals surface area contributed by atoms with Crippen LogP contribution in [0, 0.1) is 0 Å². The molecule has 0 aliphatic rings. The molecule has 6 nitrogen and oxygen atoms in total. The van der Waals surface area contributed by atoms with Crippen molar-refractivity contribution < 1.29 is 4.79 Å². The van der Waals surface area contributed by atoms with Crippen LogP contribution in [0.1, 0.15) is 19.8 Å². The van der Waals surface area contributed by atoms with Gasteiger partial charge in [0.25, 0.3) is 0 Å². The van der Waals surface area contributed by atoms with Gasteiger partial charge in [0.15, 0.2) is 5.82 Å². The first kappa shape index (κ1) is 13.3. The summed E-state index contributed by atoms with van der Waals surface area (Å²) in [6.45, 7) is 3.31. The van der Waals surface area contributed by atoms with Crippen LogP contribution in [0.5, 0.6) is 0 Å². The minimum atomic E-state index is 0.0579. The van der Waals surface area contributed by atoms with Crippen LogP contribution in [0.4, 0.5) is 5.82 Å². The average molecular weight is 261 g/mol. The Morgan fingerprint density at radius 1 is 1.37 bits per heavy atom. The molecule has 2 rings (SSSR count). The van der Waals surface area contributed by atoms with Gasteiger partial charge in [-0.1, -0.05) is 6.92 Å². The molecule has 2 aromatic heterocycles. The maximum absolute atomic E-state index is 11.5. The molecule has 2 aromatic rings. The van der Waals surface area contributed by atoms with E-state index in [2.05, 4.69) is 20.6 Å². The fraction of sp³-hybridized carbons (Fsp3) is 0.462. The number of hydrogen-bond donors (Lipinski definition) is 2. The number of rotatable bonds is 6. The Labute approximate surface area is 112 Å². The molecule has 0 radical (unpaired) electrons. The van der Waals surface area contributed by atoms with Crippen molar-refractivity contribution in [3.63, 3.8) is 0 Å². The Hall–Kier alpha value is -2.11. The fourth-order valence-corrected chi connectivity index (χ4v) is 1.84. The van der Waals surface area contributed by atoms with Crippen molar-refractivity contribution in [1.29, 1.82) is 0 Å². The van der Waals surface area contributed by atoms with Gasteiger partial charge < -0.3 is 15.2 Å². The molecule has 0 aliphatic heterocycles. The molecule has 19 heavy (non-hydrogen) atoms. The van der Waals surface area contributed by atoms with E-state index in [0.29, 0.717) is 13.0 Å². The Morgan fingerprint density at radius 2 is 2.21 bits per heavy atom. The van der Waals surface area contributed by atoms with Gasteiger partial charge in [0, 0.05) is 32.8 Å². The van der Waals surface area contributed by atoms with E-state index in [0.717, 1.165) is 29.8 Å². The monoisotopic (exact) mass is 261 g/mol. The lowest BCUT2D eigenvalue weighted by Crippen LogP contribution is -2.26. The molecular weight excluding hydrogens is 242 g/mol. The van der Waals surface area contributed by atoms with E-state index in [1.165, 1.54) is 0 Å². The third kappa shape index (κ3) is 3.21. The Bertz CT molecular complexity index is 563. The van der Waals surface area contributed by atoms with Crippen LogP contribution in [0.3, 0.4) is 0 Å². The van der Waals surface area contributed by atoms with Gasteiger partial charge >= 0.3 is 0 Å². The van der Waals surface area contributed by atoms with Gasteiger partial charge in [-0.15, -0.1) is 0 Å². The highest BCUT2D eigenvalue weighted by Crippen LogP contribution is 2.18. The quantitative estimate of drug-likeness (QED) is 0.822. The molecule has 0 saturated carbocycles. The van der Waals surface area contributed by atoms with Crippen molar-refractivity contribution in [2.45, 2.75) is 19.8 Å². The molecule has 0 aromatic carbocycles. The maximum atomic E-state index is 11.5. The summed E-state index contributed by atoms with van der Waals surface area (Å²) in [6, 6.07) is 1.92. The van der Waals surface area contributed by atoms with Crippen LogP contribution in [0.25, 0.3) is 11.0 Å². The zero-order chi connectivity index (χ0) is 13.7. The summed E-state index contributed by atoms with van der Waals surface area (Å²) < 4.78 is 1.94. The van der Waals surface area contributed by atoms with Crippen LogP contribution in [0.2, 0.25) is 0 Å². The molecule has 0 saturated heterocycles. The van der Waals surface area contributed by atoms with Crippen molar-refractivity contribution in [3.8, 4) is 0 Å². The van der Waals surface area contributed by atoms with E-state index in [1.807, 2.05) is 24.6 Å².